The molecule has 2 rings (SSSR count). The maximum atomic E-state index is 11.3. The zero-order valence-electron chi connectivity index (χ0n) is 12.0. The molecule has 1 saturated heterocycles. The summed E-state index contributed by atoms with van der Waals surface area (Å²) in [4.78, 5) is 24.5. The van der Waals surface area contributed by atoms with Gasteiger partial charge in [-0.25, -0.2) is 0 Å². The zero-order chi connectivity index (χ0) is 15.4. The lowest BCUT2D eigenvalue weighted by Crippen LogP contribution is -2.45. The van der Waals surface area contributed by atoms with E-state index in [0.29, 0.717) is 17.2 Å². The van der Waals surface area contributed by atoms with E-state index >= 15 is 0 Å². The molecule has 5 nitrogen and oxygen atoms in total. The Labute approximate surface area is 129 Å². The first-order chi connectivity index (χ1) is 9.97. The summed E-state index contributed by atoms with van der Waals surface area (Å²) < 4.78 is 0. The summed E-state index contributed by atoms with van der Waals surface area (Å²) in [5.74, 6) is -0.378. The first-order valence-electron chi connectivity index (χ1n) is 6.93. The third-order valence-electron chi connectivity index (χ3n) is 3.65. The topological polar surface area (TPSA) is 75.4 Å². The summed E-state index contributed by atoms with van der Waals surface area (Å²) in [6, 6.07) is 7.16. The molecular weight excluding hydrogens is 286 g/mol. The van der Waals surface area contributed by atoms with Crippen LogP contribution in [0.3, 0.4) is 0 Å². The number of rotatable bonds is 3. The molecule has 0 aliphatic carbocycles. The molecule has 0 bridgehead atoms. The van der Waals surface area contributed by atoms with E-state index in [4.69, 9.17) is 18.0 Å². The lowest BCUT2D eigenvalue weighted by atomic mass is 9.98. The Hall–Kier alpha value is -1.95. The van der Waals surface area contributed by atoms with Gasteiger partial charge in [0.1, 0.15) is 0 Å². The Bertz CT molecular complexity index is 557. The van der Waals surface area contributed by atoms with E-state index in [1.165, 1.54) is 6.92 Å². The van der Waals surface area contributed by atoms with Crippen LogP contribution in [0.1, 0.15) is 30.1 Å². The van der Waals surface area contributed by atoms with Gasteiger partial charge in [-0.2, -0.15) is 0 Å². The Kier molecular flexibility index (Phi) is 4.90. The van der Waals surface area contributed by atoms with Gasteiger partial charge in [0.25, 0.3) is 0 Å². The average molecular weight is 305 g/mol. The lowest BCUT2D eigenvalue weighted by Gasteiger charge is -2.33. The van der Waals surface area contributed by atoms with E-state index in [2.05, 4.69) is 5.32 Å². The molecule has 6 heteroatoms. The molecular formula is C15H19N3O2S. The van der Waals surface area contributed by atoms with E-state index < -0.39 is 0 Å². The highest BCUT2D eigenvalue weighted by molar-refractivity contribution is 7.80. The SMILES string of the molecule is CC(=O)c1ccc(NC(=S)N2CCC[C@H](C(N)=O)C2)cc1. The molecule has 21 heavy (non-hydrogen) atoms. The van der Waals surface area contributed by atoms with E-state index in [1.54, 1.807) is 12.1 Å². The summed E-state index contributed by atoms with van der Waals surface area (Å²) in [6.07, 6.45) is 1.72. The average Bonchev–Trinajstić information content (AvgIpc) is 2.48. The maximum Gasteiger partial charge on any atom is 0.222 e. The van der Waals surface area contributed by atoms with Crippen LogP contribution in [0.4, 0.5) is 5.69 Å². The number of nitrogens with one attached hydrogen (secondary N) is 1. The highest BCUT2D eigenvalue weighted by atomic mass is 32.1. The minimum Gasteiger partial charge on any atom is -0.369 e. The number of anilines is 1. The molecule has 1 aromatic carbocycles. The molecule has 3 N–H and O–H groups in total. The number of nitrogens with zero attached hydrogens (tertiary/aromatic N) is 1. The second-order valence-electron chi connectivity index (χ2n) is 5.25. The summed E-state index contributed by atoms with van der Waals surface area (Å²) in [6.45, 7) is 2.92. The summed E-state index contributed by atoms with van der Waals surface area (Å²) >= 11 is 5.38. The van der Waals surface area contributed by atoms with E-state index in [0.717, 1.165) is 25.1 Å². The lowest BCUT2D eigenvalue weighted by molar-refractivity contribution is -0.122. The number of amides is 1. The van der Waals surface area contributed by atoms with Crippen molar-refractivity contribution in [2.24, 2.45) is 11.7 Å². The monoisotopic (exact) mass is 305 g/mol. The van der Waals surface area contributed by atoms with Crippen LogP contribution in [-0.2, 0) is 4.79 Å². The molecule has 112 valence electrons. The fourth-order valence-corrected chi connectivity index (χ4v) is 2.67. The predicted octanol–water partition coefficient (Wildman–Crippen LogP) is 1.78. The van der Waals surface area contributed by atoms with Crippen LogP contribution in [0.15, 0.2) is 24.3 Å². The summed E-state index contributed by atoms with van der Waals surface area (Å²) in [5.41, 5.74) is 6.86. The summed E-state index contributed by atoms with van der Waals surface area (Å²) in [5, 5.41) is 3.71. The number of Topliss-reactive ketones (excluding diaryl/α,β-unsaturated/α-hetero) is 1. The number of benzene rings is 1. The molecule has 1 aliphatic rings. The molecule has 1 atom stereocenters. The van der Waals surface area contributed by atoms with Crippen molar-refractivity contribution < 1.29 is 9.59 Å². The van der Waals surface area contributed by atoms with Crippen molar-refractivity contribution >= 4 is 34.7 Å². The van der Waals surface area contributed by atoms with Crippen molar-refractivity contribution in [2.45, 2.75) is 19.8 Å². The number of ketones is 1. The number of nitrogens with two attached hydrogens (primary N) is 1. The number of hydrogen-bond donors (Lipinski definition) is 2. The fraction of sp³-hybridized carbons (Fsp3) is 0.400. The van der Waals surface area contributed by atoms with Crippen molar-refractivity contribution in [2.75, 3.05) is 18.4 Å². The molecule has 0 unspecified atom stereocenters. The van der Waals surface area contributed by atoms with Gasteiger partial charge < -0.3 is 16.0 Å². The van der Waals surface area contributed by atoms with Gasteiger partial charge in [-0.3, -0.25) is 9.59 Å². The molecule has 1 amide bonds. The molecule has 0 spiro atoms. The smallest absolute Gasteiger partial charge is 0.222 e. The largest absolute Gasteiger partial charge is 0.369 e. The first kappa shape index (κ1) is 15.4. The van der Waals surface area contributed by atoms with Crippen LogP contribution >= 0.6 is 12.2 Å². The van der Waals surface area contributed by atoms with Gasteiger partial charge in [-0.05, 0) is 56.2 Å². The molecule has 1 aliphatic heterocycles. The van der Waals surface area contributed by atoms with Crippen LogP contribution in [0.25, 0.3) is 0 Å². The Morgan fingerprint density at radius 2 is 2.00 bits per heavy atom. The first-order valence-corrected chi connectivity index (χ1v) is 7.34. The van der Waals surface area contributed by atoms with Crippen LogP contribution < -0.4 is 11.1 Å². The van der Waals surface area contributed by atoms with Gasteiger partial charge in [0.2, 0.25) is 5.91 Å². The van der Waals surface area contributed by atoms with Gasteiger partial charge in [0, 0.05) is 24.3 Å². The number of thiocarbonyl (C=S) groups is 1. The van der Waals surface area contributed by atoms with Crippen molar-refractivity contribution in [3.8, 4) is 0 Å². The minimum atomic E-state index is -0.270. The number of hydrogen-bond acceptors (Lipinski definition) is 3. The molecule has 1 heterocycles. The molecule has 0 aromatic heterocycles. The Balaban J connectivity index is 1.97. The predicted molar refractivity (Wildman–Crippen MR) is 86.2 cm³/mol. The van der Waals surface area contributed by atoms with Gasteiger partial charge in [-0.15, -0.1) is 0 Å². The van der Waals surface area contributed by atoms with Crippen molar-refractivity contribution in [3.63, 3.8) is 0 Å². The fourth-order valence-electron chi connectivity index (χ4n) is 2.38. The van der Waals surface area contributed by atoms with Crippen molar-refractivity contribution in [3.05, 3.63) is 29.8 Å². The number of piperidine rings is 1. The molecule has 1 fully saturated rings. The standard InChI is InChI=1S/C15H19N3O2S/c1-10(19)11-4-6-13(7-5-11)17-15(21)18-8-2-3-12(9-18)14(16)20/h4-7,12H,2-3,8-9H2,1H3,(H2,16,20)(H,17,21)/t12-/m0/s1. The third kappa shape index (κ3) is 4.01. The highest BCUT2D eigenvalue weighted by Crippen LogP contribution is 2.18. The Morgan fingerprint density at radius 1 is 1.33 bits per heavy atom. The number of primary amides is 1. The maximum absolute atomic E-state index is 11.3. The van der Waals surface area contributed by atoms with E-state index in [1.807, 2.05) is 17.0 Å². The minimum absolute atomic E-state index is 0.0319. The number of carbonyl (C=O) groups excluding carboxylic acids is 2. The quantitative estimate of drug-likeness (QED) is 0.658. The van der Waals surface area contributed by atoms with Crippen molar-refractivity contribution in [1.82, 2.24) is 4.90 Å². The second-order valence-corrected chi connectivity index (χ2v) is 5.64. The molecule has 1 aromatic rings. The summed E-state index contributed by atoms with van der Waals surface area (Å²) in [7, 11) is 0. The van der Waals surface area contributed by atoms with E-state index in [9.17, 15) is 9.59 Å². The highest BCUT2D eigenvalue weighted by Gasteiger charge is 2.25. The van der Waals surface area contributed by atoms with Crippen LogP contribution in [0.5, 0.6) is 0 Å². The third-order valence-corrected chi connectivity index (χ3v) is 4.01. The Morgan fingerprint density at radius 3 is 2.57 bits per heavy atom. The van der Waals surface area contributed by atoms with Gasteiger partial charge in [0.15, 0.2) is 10.9 Å². The van der Waals surface area contributed by atoms with Crippen LogP contribution in [0.2, 0.25) is 0 Å². The van der Waals surface area contributed by atoms with Gasteiger partial charge in [-0.1, -0.05) is 0 Å². The number of likely N-dealkylation sites (tertiary alicyclic amines) is 1. The van der Waals surface area contributed by atoms with Gasteiger partial charge >= 0.3 is 0 Å². The second kappa shape index (κ2) is 6.67. The molecule has 0 radical (unpaired) electrons. The number of carbonyl (C=O) groups is 2. The zero-order valence-corrected chi connectivity index (χ0v) is 12.8. The van der Waals surface area contributed by atoms with Crippen molar-refractivity contribution in [1.29, 1.82) is 0 Å². The van der Waals surface area contributed by atoms with Crippen LogP contribution in [-0.4, -0.2) is 34.8 Å². The van der Waals surface area contributed by atoms with E-state index in [-0.39, 0.29) is 17.6 Å². The normalized spacial score (nSPS) is 18.1. The van der Waals surface area contributed by atoms with Crippen LogP contribution in [0, 0.1) is 5.92 Å². The van der Waals surface area contributed by atoms with Gasteiger partial charge in [0.05, 0.1) is 5.92 Å². The molecule has 0 saturated carbocycles.